The van der Waals surface area contributed by atoms with Gasteiger partial charge in [0, 0.05) is 6.54 Å². The van der Waals surface area contributed by atoms with Crippen molar-refractivity contribution in [3.8, 4) is 0 Å². The molecular weight excluding hydrogens is 246 g/mol. The van der Waals surface area contributed by atoms with E-state index < -0.39 is 0 Å². The van der Waals surface area contributed by atoms with Crippen molar-refractivity contribution in [1.82, 2.24) is 9.78 Å². The van der Waals surface area contributed by atoms with E-state index in [9.17, 15) is 0 Å². The number of rotatable bonds is 3. The molecule has 0 saturated carbocycles. The van der Waals surface area contributed by atoms with Crippen LogP contribution in [0.4, 0.5) is 0 Å². The van der Waals surface area contributed by atoms with Crippen LogP contribution in [0.1, 0.15) is 29.9 Å². The second-order valence-corrected chi connectivity index (χ2v) is 5.11. The fourth-order valence-corrected chi connectivity index (χ4v) is 2.64. The molecule has 1 aromatic heterocycles. The Balaban J connectivity index is 2.05. The molecule has 20 heavy (non-hydrogen) atoms. The SMILES string of the molecule is CCn1nc(C)cc1C(N)c1ccc2ccccc2c1. The van der Waals surface area contributed by atoms with Crippen LogP contribution in [-0.4, -0.2) is 9.78 Å². The number of fused-ring (bicyclic) bond motifs is 1. The molecule has 0 radical (unpaired) electrons. The summed E-state index contributed by atoms with van der Waals surface area (Å²) in [5.41, 5.74) is 9.64. The smallest absolute Gasteiger partial charge is 0.0723 e. The van der Waals surface area contributed by atoms with E-state index >= 15 is 0 Å². The van der Waals surface area contributed by atoms with Crippen molar-refractivity contribution >= 4 is 10.8 Å². The van der Waals surface area contributed by atoms with Crippen LogP contribution < -0.4 is 5.73 Å². The number of aromatic nitrogens is 2. The van der Waals surface area contributed by atoms with Gasteiger partial charge in [-0.3, -0.25) is 4.68 Å². The van der Waals surface area contributed by atoms with Crippen molar-refractivity contribution in [2.24, 2.45) is 5.73 Å². The fraction of sp³-hybridized carbons (Fsp3) is 0.235. The van der Waals surface area contributed by atoms with Crippen LogP contribution >= 0.6 is 0 Å². The molecule has 0 aliphatic rings. The molecule has 2 aromatic carbocycles. The molecule has 0 spiro atoms. The molecule has 0 saturated heterocycles. The first kappa shape index (κ1) is 12.9. The average molecular weight is 265 g/mol. The quantitative estimate of drug-likeness (QED) is 0.788. The van der Waals surface area contributed by atoms with Crippen molar-refractivity contribution in [1.29, 1.82) is 0 Å². The Hall–Kier alpha value is -2.13. The Kier molecular flexibility index (Phi) is 3.28. The molecule has 3 heteroatoms. The third kappa shape index (κ3) is 2.21. The molecule has 3 aromatic rings. The third-order valence-electron chi connectivity index (χ3n) is 3.68. The van der Waals surface area contributed by atoms with E-state index in [0.717, 1.165) is 23.5 Å². The normalized spacial score (nSPS) is 12.8. The first-order valence-corrected chi connectivity index (χ1v) is 6.97. The van der Waals surface area contributed by atoms with Crippen LogP contribution in [0.5, 0.6) is 0 Å². The summed E-state index contributed by atoms with van der Waals surface area (Å²) in [4.78, 5) is 0. The van der Waals surface area contributed by atoms with Gasteiger partial charge in [0.1, 0.15) is 0 Å². The molecule has 102 valence electrons. The zero-order valence-corrected chi connectivity index (χ0v) is 11.9. The van der Waals surface area contributed by atoms with Crippen molar-refractivity contribution < 1.29 is 0 Å². The van der Waals surface area contributed by atoms with Gasteiger partial charge in [0.15, 0.2) is 0 Å². The molecule has 1 heterocycles. The minimum Gasteiger partial charge on any atom is -0.319 e. The van der Waals surface area contributed by atoms with Gasteiger partial charge in [-0.2, -0.15) is 5.10 Å². The maximum atomic E-state index is 6.44. The zero-order valence-electron chi connectivity index (χ0n) is 11.9. The molecule has 0 bridgehead atoms. The van der Waals surface area contributed by atoms with Crippen molar-refractivity contribution in [3.63, 3.8) is 0 Å². The molecule has 0 aliphatic carbocycles. The molecule has 3 rings (SSSR count). The van der Waals surface area contributed by atoms with E-state index in [2.05, 4.69) is 60.6 Å². The summed E-state index contributed by atoms with van der Waals surface area (Å²) in [6, 6.07) is 16.7. The molecular formula is C17H19N3. The summed E-state index contributed by atoms with van der Waals surface area (Å²) in [5, 5.41) is 6.94. The van der Waals surface area contributed by atoms with Crippen LogP contribution in [0.3, 0.4) is 0 Å². The third-order valence-corrected chi connectivity index (χ3v) is 3.68. The summed E-state index contributed by atoms with van der Waals surface area (Å²) >= 11 is 0. The molecule has 1 atom stereocenters. The summed E-state index contributed by atoms with van der Waals surface area (Å²) in [5.74, 6) is 0. The van der Waals surface area contributed by atoms with Gasteiger partial charge in [0.05, 0.1) is 17.4 Å². The molecule has 0 fully saturated rings. The summed E-state index contributed by atoms with van der Waals surface area (Å²) in [6.07, 6.45) is 0. The van der Waals surface area contributed by atoms with Gasteiger partial charge < -0.3 is 5.73 Å². The Morgan fingerprint density at radius 1 is 1.10 bits per heavy atom. The highest BCUT2D eigenvalue weighted by Gasteiger charge is 2.15. The zero-order chi connectivity index (χ0) is 14.1. The van der Waals surface area contributed by atoms with Crippen LogP contribution in [-0.2, 0) is 6.54 Å². The first-order chi connectivity index (χ1) is 9.69. The Labute approximate surface area is 119 Å². The topological polar surface area (TPSA) is 43.8 Å². The van der Waals surface area contributed by atoms with E-state index in [-0.39, 0.29) is 6.04 Å². The van der Waals surface area contributed by atoms with Gasteiger partial charge in [-0.15, -0.1) is 0 Å². The maximum Gasteiger partial charge on any atom is 0.0723 e. The maximum absolute atomic E-state index is 6.44. The molecule has 2 N–H and O–H groups in total. The second-order valence-electron chi connectivity index (χ2n) is 5.11. The van der Waals surface area contributed by atoms with Gasteiger partial charge in [-0.1, -0.05) is 36.4 Å². The first-order valence-electron chi connectivity index (χ1n) is 6.97. The highest BCUT2D eigenvalue weighted by Crippen LogP contribution is 2.24. The summed E-state index contributed by atoms with van der Waals surface area (Å²) in [7, 11) is 0. The lowest BCUT2D eigenvalue weighted by atomic mass is 10.00. The van der Waals surface area contributed by atoms with E-state index in [1.165, 1.54) is 10.8 Å². The lowest BCUT2D eigenvalue weighted by Gasteiger charge is -2.14. The summed E-state index contributed by atoms with van der Waals surface area (Å²) in [6.45, 7) is 4.93. The molecule has 3 nitrogen and oxygen atoms in total. The van der Waals surface area contributed by atoms with Gasteiger partial charge >= 0.3 is 0 Å². The number of hydrogen-bond acceptors (Lipinski definition) is 2. The molecule has 1 unspecified atom stereocenters. The number of hydrogen-bond donors (Lipinski definition) is 1. The van der Waals surface area contributed by atoms with E-state index in [4.69, 9.17) is 5.73 Å². The summed E-state index contributed by atoms with van der Waals surface area (Å²) < 4.78 is 1.98. The van der Waals surface area contributed by atoms with Crippen LogP contribution in [0.25, 0.3) is 10.8 Å². The van der Waals surface area contributed by atoms with Crippen LogP contribution in [0.15, 0.2) is 48.5 Å². The van der Waals surface area contributed by atoms with Gasteiger partial charge in [0.25, 0.3) is 0 Å². The van der Waals surface area contributed by atoms with Crippen LogP contribution in [0, 0.1) is 6.92 Å². The van der Waals surface area contributed by atoms with E-state index in [1.54, 1.807) is 0 Å². The lowest BCUT2D eigenvalue weighted by molar-refractivity contribution is 0.597. The highest BCUT2D eigenvalue weighted by molar-refractivity contribution is 5.83. The second kappa shape index (κ2) is 5.10. The predicted molar refractivity (Wildman–Crippen MR) is 82.6 cm³/mol. The number of benzene rings is 2. The standard InChI is InChI=1S/C17H19N3/c1-3-20-16(10-12(2)19-20)17(18)15-9-8-13-6-4-5-7-14(13)11-15/h4-11,17H,3,18H2,1-2H3. The Morgan fingerprint density at radius 3 is 2.60 bits per heavy atom. The molecule has 0 amide bonds. The Bertz CT molecular complexity index is 743. The average Bonchev–Trinajstić information content (AvgIpc) is 2.87. The van der Waals surface area contributed by atoms with Crippen LogP contribution in [0.2, 0.25) is 0 Å². The predicted octanol–water partition coefficient (Wildman–Crippen LogP) is 3.41. The number of aryl methyl sites for hydroxylation is 2. The fourth-order valence-electron chi connectivity index (χ4n) is 2.64. The minimum absolute atomic E-state index is 0.138. The Morgan fingerprint density at radius 2 is 1.85 bits per heavy atom. The minimum atomic E-state index is -0.138. The monoisotopic (exact) mass is 265 g/mol. The van der Waals surface area contributed by atoms with Crippen molar-refractivity contribution in [3.05, 3.63) is 65.5 Å². The van der Waals surface area contributed by atoms with Gasteiger partial charge in [-0.25, -0.2) is 0 Å². The van der Waals surface area contributed by atoms with Gasteiger partial charge in [-0.05, 0) is 42.3 Å². The highest BCUT2D eigenvalue weighted by atomic mass is 15.3. The van der Waals surface area contributed by atoms with Crippen molar-refractivity contribution in [2.75, 3.05) is 0 Å². The molecule has 0 aliphatic heterocycles. The number of nitrogens with two attached hydrogens (primary N) is 1. The van der Waals surface area contributed by atoms with Crippen molar-refractivity contribution in [2.45, 2.75) is 26.4 Å². The number of nitrogens with zero attached hydrogens (tertiary/aromatic N) is 2. The lowest BCUT2D eigenvalue weighted by Crippen LogP contribution is -2.17. The largest absolute Gasteiger partial charge is 0.319 e. The van der Waals surface area contributed by atoms with E-state index in [0.29, 0.717) is 0 Å². The van der Waals surface area contributed by atoms with Gasteiger partial charge in [0.2, 0.25) is 0 Å². The van der Waals surface area contributed by atoms with E-state index in [1.807, 2.05) is 11.6 Å².